The maximum absolute atomic E-state index is 11.3. The van der Waals surface area contributed by atoms with Crippen LogP contribution in [0.3, 0.4) is 0 Å². The molecule has 2 amide bonds. The van der Waals surface area contributed by atoms with E-state index < -0.39 is 6.10 Å². The summed E-state index contributed by atoms with van der Waals surface area (Å²) < 4.78 is 5.40. The van der Waals surface area contributed by atoms with E-state index in [1.165, 1.54) is 0 Å². The lowest BCUT2D eigenvalue weighted by Crippen LogP contribution is -2.56. The quantitative estimate of drug-likeness (QED) is 0.534. The van der Waals surface area contributed by atoms with Gasteiger partial charge in [-0.05, 0) is 6.08 Å². The number of β-amino-alcohol motifs (C(OH)–C–C–N with tert-alkyl or cyclic N) is 1. The number of hydrogen-bond donors (Lipinski definition) is 3. The standard InChI is InChI=1S/C11H20N4O3/c1-2-10-15(7-9(16)8-18-10)13-4-6-14-5-3-12-11(14)17/h2,9-10,13,16H,1,3-8H2,(H,12,17). The Kier molecular flexibility index (Phi) is 4.54. The molecule has 2 aliphatic heterocycles. The molecular formula is C11H20N4O3. The summed E-state index contributed by atoms with van der Waals surface area (Å²) in [4.78, 5) is 13.1. The summed E-state index contributed by atoms with van der Waals surface area (Å²) in [6.45, 7) is 7.20. The summed E-state index contributed by atoms with van der Waals surface area (Å²) in [6, 6.07) is -0.0213. The molecule has 2 saturated heterocycles. The van der Waals surface area contributed by atoms with Crippen LogP contribution in [-0.2, 0) is 4.74 Å². The summed E-state index contributed by atoms with van der Waals surface area (Å²) in [6.07, 6.45) is 0.950. The average molecular weight is 256 g/mol. The van der Waals surface area contributed by atoms with Crippen molar-refractivity contribution in [3.63, 3.8) is 0 Å². The zero-order chi connectivity index (χ0) is 13.0. The van der Waals surface area contributed by atoms with Gasteiger partial charge < -0.3 is 20.1 Å². The molecule has 0 aromatic carbocycles. The fraction of sp³-hybridized carbons (Fsp3) is 0.727. The molecule has 7 heteroatoms. The van der Waals surface area contributed by atoms with Crippen molar-refractivity contribution in [3.05, 3.63) is 12.7 Å². The van der Waals surface area contributed by atoms with E-state index in [9.17, 15) is 9.90 Å². The van der Waals surface area contributed by atoms with E-state index in [-0.39, 0.29) is 12.3 Å². The van der Waals surface area contributed by atoms with E-state index >= 15 is 0 Å². The van der Waals surface area contributed by atoms with Crippen molar-refractivity contribution < 1.29 is 14.6 Å². The molecule has 0 spiro atoms. The SMILES string of the molecule is C=CC1OCC(O)CN1NCCN1CCNC1=O. The van der Waals surface area contributed by atoms with Gasteiger partial charge in [-0.2, -0.15) is 0 Å². The molecule has 2 fully saturated rings. The largest absolute Gasteiger partial charge is 0.389 e. The first-order chi connectivity index (χ1) is 8.70. The van der Waals surface area contributed by atoms with Crippen LogP contribution in [0.1, 0.15) is 0 Å². The lowest BCUT2D eigenvalue weighted by molar-refractivity contribution is -0.140. The molecule has 0 aromatic heterocycles. The van der Waals surface area contributed by atoms with Crippen LogP contribution < -0.4 is 10.7 Å². The highest BCUT2D eigenvalue weighted by Crippen LogP contribution is 2.08. The van der Waals surface area contributed by atoms with Crippen molar-refractivity contribution >= 4 is 6.03 Å². The number of amides is 2. The van der Waals surface area contributed by atoms with Crippen molar-refractivity contribution in [1.29, 1.82) is 0 Å². The number of carbonyl (C=O) groups excluding carboxylic acids is 1. The van der Waals surface area contributed by atoms with Gasteiger partial charge in [0.15, 0.2) is 0 Å². The third kappa shape index (κ3) is 3.20. The van der Waals surface area contributed by atoms with Crippen molar-refractivity contribution in [2.24, 2.45) is 0 Å². The number of hydrazine groups is 1. The van der Waals surface area contributed by atoms with Crippen LogP contribution in [0.15, 0.2) is 12.7 Å². The van der Waals surface area contributed by atoms with E-state index in [2.05, 4.69) is 17.3 Å². The van der Waals surface area contributed by atoms with Crippen molar-refractivity contribution in [2.75, 3.05) is 39.3 Å². The number of hydrogen-bond acceptors (Lipinski definition) is 5. The Labute approximate surface area is 106 Å². The van der Waals surface area contributed by atoms with Crippen LogP contribution in [-0.4, -0.2) is 72.7 Å². The number of aliphatic hydroxyl groups is 1. The normalized spacial score (nSPS) is 29.4. The zero-order valence-corrected chi connectivity index (χ0v) is 10.3. The van der Waals surface area contributed by atoms with E-state index in [4.69, 9.17) is 4.74 Å². The van der Waals surface area contributed by atoms with Crippen LogP contribution in [0.5, 0.6) is 0 Å². The molecule has 0 bridgehead atoms. The molecule has 3 N–H and O–H groups in total. The van der Waals surface area contributed by atoms with Crippen LogP contribution in [0.4, 0.5) is 4.79 Å². The highest BCUT2D eigenvalue weighted by Gasteiger charge is 2.26. The number of aliphatic hydroxyl groups excluding tert-OH is 1. The highest BCUT2D eigenvalue weighted by molar-refractivity contribution is 5.76. The summed E-state index contributed by atoms with van der Waals surface area (Å²) >= 11 is 0. The first kappa shape index (κ1) is 13.3. The molecule has 2 rings (SSSR count). The monoisotopic (exact) mass is 256 g/mol. The molecular weight excluding hydrogens is 236 g/mol. The fourth-order valence-corrected chi connectivity index (χ4v) is 2.09. The Bertz CT molecular complexity index is 313. The molecule has 2 heterocycles. The second-order valence-electron chi connectivity index (χ2n) is 4.39. The maximum atomic E-state index is 11.3. The number of carbonyl (C=O) groups is 1. The van der Waals surface area contributed by atoms with Gasteiger partial charge in [-0.3, -0.25) is 5.43 Å². The van der Waals surface area contributed by atoms with Crippen LogP contribution in [0.2, 0.25) is 0 Å². The molecule has 2 atom stereocenters. The Morgan fingerprint density at radius 2 is 2.50 bits per heavy atom. The van der Waals surface area contributed by atoms with Gasteiger partial charge in [-0.25, -0.2) is 9.80 Å². The van der Waals surface area contributed by atoms with Gasteiger partial charge in [0, 0.05) is 32.7 Å². The zero-order valence-electron chi connectivity index (χ0n) is 10.3. The molecule has 7 nitrogen and oxygen atoms in total. The number of nitrogens with one attached hydrogen (secondary N) is 2. The molecule has 0 aliphatic carbocycles. The van der Waals surface area contributed by atoms with Gasteiger partial charge >= 0.3 is 6.03 Å². The maximum Gasteiger partial charge on any atom is 0.317 e. The Morgan fingerprint density at radius 3 is 3.17 bits per heavy atom. The highest BCUT2D eigenvalue weighted by atomic mass is 16.5. The minimum atomic E-state index is -0.496. The lowest BCUT2D eigenvalue weighted by Gasteiger charge is -2.36. The minimum absolute atomic E-state index is 0.0213. The second-order valence-corrected chi connectivity index (χ2v) is 4.39. The van der Waals surface area contributed by atoms with Crippen molar-refractivity contribution in [2.45, 2.75) is 12.3 Å². The fourth-order valence-electron chi connectivity index (χ4n) is 2.09. The molecule has 18 heavy (non-hydrogen) atoms. The molecule has 0 saturated carbocycles. The van der Waals surface area contributed by atoms with E-state index in [1.54, 1.807) is 16.0 Å². The van der Waals surface area contributed by atoms with Gasteiger partial charge in [0.1, 0.15) is 6.23 Å². The van der Waals surface area contributed by atoms with Gasteiger partial charge in [0.2, 0.25) is 0 Å². The number of rotatable bonds is 5. The topological polar surface area (TPSA) is 77.1 Å². The predicted octanol–water partition coefficient (Wildman–Crippen LogP) is -1.28. The Balaban J connectivity index is 1.73. The molecule has 102 valence electrons. The van der Waals surface area contributed by atoms with Gasteiger partial charge in [0.05, 0.1) is 12.7 Å². The Morgan fingerprint density at radius 1 is 1.67 bits per heavy atom. The first-order valence-electron chi connectivity index (χ1n) is 6.16. The van der Waals surface area contributed by atoms with Crippen LogP contribution >= 0.6 is 0 Å². The van der Waals surface area contributed by atoms with Crippen LogP contribution in [0, 0.1) is 0 Å². The predicted molar refractivity (Wildman–Crippen MR) is 65.6 cm³/mol. The summed E-state index contributed by atoms with van der Waals surface area (Å²) in [5.74, 6) is 0. The number of nitrogens with zero attached hydrogens (tertiary/aromatic N) is 2. The van der Waals surface area contributed by atoms with Gasteiger partial charge in [0.25, 0.3) is 0 Å². The molecule has 2 aliphatic rings. The van der Waals surface area contributed by atoms with E-state index in [1.807, 2.05) is 0 Å². The third-order valence-corrected chi connectivity index (χ3v) is 3.02. The van der Waals surface area contributed by atoms with Crippen molar-refractivity contribution in [1.82, 2.24) is 20.7 Å². The van der Waals surface area contributed by atoms with Crippen LogP contribution in [0.25, 0.3) is 0 Å². The minimum Gasteiger partial charge on any atom is -0.389 e. The molecule has 0 radical (unpaired) electrons. The summed E-state index contributed by atoms with van der Waals surface area (Å²) in [5.41, 5.74) is 3.16. The third-order valence-electron chi connectivity index (χ3n) is 3.02. The number of ether oxygens (including phenoxy) is 1. The smallest absolute Gasteiger partial charge is 0.317 e. The first-order valence-corrected chi connectivity index (χ1v) is 6.16. The summed E-state index contributed by atoms with van der Waals surface area (Å²) in [7, 11) is 0. The van der Waals surface area contributed by atoms with Gasteiger partial charge in [-0.1, -0.05) is 6.58 Å². The summed E-state index contributed by atoms with van der Waals surface area (Å²) in [5, 5.41) is 14.1. The van der Waals surface area contributed by atoms with E-state index in [0.717, 1.165) is 6.54 Å². The van der Waals surface area contributed by atoms with E-state index in [0.29, 0.717) is 32.8 Å². The molecule has 2 unspecified atom stereocenters. The van der Waals surface area contributed by atoms with Gasteiger partial charge in [-0.15, -0.1) is 0 Å². The Hall–Kier alpha value is -1.15. The number of urea groups is 1. The molecule has 0 aromatic rings. The lowest BCUT2D eigenvalue weighted by atomic mass is 10.3. The van der Waals surface area contributed by atoms with Crippen molar-refractivity contribution in [3.8, 4) is 0 Å². The second kappa shape index (κ2) is 6.14. The average Bonchev–Trinajstić information content (AvgIpc) is 2.76.